The van der Waals surface area contributed by atoms with Gasteiger partial charge in [0.2, 0.25) is 11.8 Å². The van der Waals surface area contributed by atoms with Crippen LogP contribution < -0.4 is 15.0 Å². The number of anilines is 2. The molecular formula is C19H22F3N7O2. The van der Waals surface area contributed by atoms with Crippen LogP contribution in [0.3, 0.4) is 0 Å². The molecule has 2 fully saturated rings. The molecule has 4 heterocycles. The number of ether oxygens (including phenoxy) is 1. The van der Waals surface area contributed by atoms with E-state index >= 15 is 0 Å². The van der Waals surface area contributed by atoms with E-state index in [1.165, 1.54) is 10.6 Å². The maximum atomic E-state index is 12.9. The average molecular weight is 437 g/mol. The molecule has 31 heavy (non-hydrogen) atoms. The van der Waals surface area contributed by atoms with E-state index in [4.69, 9.17) is 9.15 Å². The quantitative estimate of drug-likeness (QED) is 0.651. The van der Waals surface area contributed by atoms with Crippen molar-refractivity contribution < 1.29 is 22.3 Å². The molecule has 9 nitrogen and oxygen atoms in total. The minimum atomic E-state index is -4.46. The molecule has 2 bridgehead atoms. The van der Waals surface area contributed by atoms with Gasteiger partial charge in [-0.2, -0.15) is 18.2 Å². The lowest BCUT2D eigenvalue weighted by atomic mass is 9.92. The van der Waals surface area contributed by atoms with E-state index in [2.05, 4.69) is 30.5 Å². The maximum Gasteiger partial charge on any atom is 0.425 e. The monoisotopic (exact) mass is 437 g/mol. The van der Waals surface area contributed by atoms with Gasteiger partial charge in [0.25, 0.3) is 0 Å². The van der Waals surface area contributed by atoms with E-state index < -0.39 is 12.3 Å². The Labute approximate surface area is 175 Å². The van der Waals surface area contributed by atoms with Crippen molar-refractivity contribution in [3.05, 3.63) is 24.2 Å². The second-order valence-electron chi connectivity index (χ2n) is 8.15. The molecule has 5 rings (SSSR count). The van der Waals surface area contributed by atoms with Crippen LogP contribution in [0, 0.1) is 18.8 Å². The normalized spacial score (nSPS) is 24.5. The van der Waals surface area contributed by atoms with Gasteiger partial charge in [-0.1, -0.05) is 5.10 Å². The average Bonchev–Trinajstić information content (AvgIpc) is 3.38. The standard InChI is InChI=1S/C19H22F3N7O2/c1-10(19(20,21)22)30-14-4-3-7-29-16(14)24-17(27-29)23-15-12-5-6-13(15)9-28(8-12)18-26-25-11(2)31-18/h3-4,7,10,12-13,15H,5-6,8-9H2,1-2H3,(H,23,27)/t10?,12-,13+,15?. The number of pyridine rings is 1. The zero-order valence-electron chi connectivity index (χ0n) is 17.0. The Bertz CT molecular complexity index is 1070. The summed E-state index contributed by atoms with van der Waals surface area (Å²) in [6.07, 6.45) is -2.67. The Balaban J connectivity index is 1.33. The van der Waals surface area contributed by atoms with E-state index in [9.17, 15) is 13.2 Å². The summed E-state index contributed by atoms with van der Waals surface area (Å²) >= 11 is 0. The van der Waals surface area contributed by atoms with Crippen LogP contribution >= 0.6 is 0 Å². The molecule has 2 aliphatic rings. The van der Waals surface area contributed by atoms with Gasteiger partial charge in [0.05, 0.1) is 0 Å². The number of piperidine rings is 1. The molecule has 0 aromatic carbocycles. The molecule has 1 N–H and O–H groups in total. The minimum absolute atomic E-state index is 0.0393. The summed E-state index contributed by atoms with van der Waals surface area (Å²) in [5, 5.41) is 15.8. The topological polar surface area (TPSA) is 93.6 Å². The summed E-state index contributed by atoms with van der Waals surface area (Å²) < 4.78 is 50.8. The number of nitrogens with one attached hydrogen (secondary N) is 1. The smallest absolute Gasteiger partial charge is 0.425 e. The third-order valence-corrected chi connectivity index (χ3v) is 6.01. The van der Waals surface area contributed by atoms with Crippen molar-refractivity contribution in [2.45, 2.75) is 45.0 Å². The van der Waals surface area contributed by atoms with Crippen LogP contribution in [0.2, 0.25) is 0 Å². The largest absolute Gasteiger partial charge is 0.477 e. The molecule has 1 saturated heterocycles. The van der Waals surface area contributed by atoms with Crippen LogP contribution in [0.4, 0.5) is 25.1 Å². The van der Waals surface area contributed by atoms with Crippen LogP contribution in [0.15, 0.2) is 22.7 Å². The molecule has 2 unspecified atom stereocenters. The highest BCUT2D eigenvalue weighted by molar-refractivity contribution is 5.56. The summed E-state index contributed by atoms with van der Waals surface area (Å²) in [4.78, 5) is 6.53. The van der Waals surface area contributed by atoms with Gasteiger partial charge in [-0.25, -0.2) is 4.52 Å². The number of hydrogen-bond donors (Lipinski definition) is 1. The lowest BCUT2D eigenvalue weighted by molar-refractivity contribution is -0.189. The number of halogens is 3. The van der Waals surface area contributed by atoms with Crippen molar-refractivity contribution in [1.29, 1.82) is 0 Å². The van der Waals surface area contributed by atoms with Gasteiger partial charge in [0, 0.05) is 32.3 Å². The van der Waals surface area contributed by atoms with E-state index in [0.717, 1.165) is 32.9 Å². The maximum absolute atomic E-state index is 12.9. The third-order valence-electron chi connectivity index (χ3n) is 6.01. The van der Waals surface area contributed by atoms with Crippen LogP contribution in [-0.2, 0) is 0 Å². The highest BCUT2D eigenvalue weighted by Crippen LogP contribution is 2.40. The summed E-state index contributed by atoms with van der Waals surface area (Å²) in [6.45, 7) is 4.29. The van der Waals surface area contributed by atoms with Crippen LogP contribution in [0.5, 0.6) is 5.75 Å². The second-order valence-corrected chi connectivity index (χ2v) is 8.15. The van der Waals surface area contributed by atoms with Crippen LogP contribution in [0.25, 0.3) is 5.65 Å². The Hall–Kier alpha value is -3.05. The first kappa shape index (κ1) is 19.9. The molecule has 3 aromatic rings. The Morgan fingerprint density at radius 3 is 2.61 bits per heavy atom. The van der Waals surface area contributed by atoms with Crippen molar-refractivity contribution in [3.63, 3.8) is 0 Å². The molecule has 0 amide bonds. The molecule has 1 saturated carbocycles. The lowest BCUT2D eigenvalue weighted by Crippen LogP contribution is -2.48. The fourth-order valence-electron chi connectivity index (χ4n) is 4.47. The summed E-state index contributed by atoms with van der Waals surface area (Å²) in [6, 6.07) is 3.75. The summed E-state index contributed by atoms with van der Waals surface area (Å²) in [7, 11) is 0. The number of aryl methyl sites for hydroxylation is 1. The first-order valence-corrected chi connectivity index (χ1v) is 10.2. The van der Waals surface area contributed by atoms with Crippen molar-refractivity contribution in [1.82, 2.24) is 24.8 Å². The van der Waals surface area contributed by atoms with Gasteiger partial charge in [-0.3, -0.25) is 0 Å². The molecule has 4 atom stereocenters. The van der Waals surface area contributed by atoms with E-state index in [1.807, 2.05) is 0 Å². The second kappa shape index (κ2) is 7.27. The summed E-state index contributed by atoms with van der Waals surface area (Å²) in [5.41, 5.74) is 0.243. The number of rotatable bonds is 5. The predicted octanol–water partition coefficient (Wildman–Crippen LogP) is 3.08. The zero-order valence-corrected chi connectivity index (χ0v) is 17.0. The molecular weight excluding hydrogens is 415 g/mol. The van der Waals surface area contributed by atoms with Gasteiger partial charge in [-0.15, -0.1) is 10.2 Å². The van der Waals surface area contributed by atoms with Gasteiger partial charge in [0.15, 0.2) is 17.5 Å². The molecule has 0 spiro atoms. The molecule has 3 aromatic heterocycles. The van der Waals surface area contributed by atoms with Gasteiger partial charge in [-0.05, 0) is 43.7 Å². The predicted molar refractivity (Wildman–Crippen MR) is 104 cm³/mol. The van der Waals surface area contributed by atoms with Crippen molar-refractivity contribution in [2.24, 2.45) is 11.8 Å². The van der Waals surface area contributed by atoms with Gasteiger partial charge in [0.1, 0.15) is 0 Å². The number of hydrogen-bond acceptors (Lipinski definition) is 8. The Morgan fingerprint density at radius 2 is 1.97 bits per heavy atom. The highest BCUT2D eigenvalue weighted by atomic mass is 19.4. The number of nitrogens with zero attached hydrogens (tertiary/aromatic N) is 6. The van der Waals surface area contributed by atoms with Crippen molar-refractivity contribution in [2.75, 3.05) is 23.3 Å². The first-order chi connectivity index (χ1) is 14.8. The Morgan fingerprint density at radius 1 is 1.23 bits per heavy atom. The highest BCUT2D eigenvalue weighted by Gasteiger charge is 2.44. The molecule has 1 aliphatic heterocycles. The van der Waals surface area contributed by atoms with E-state index in [0.29, 0.717) is 29.7 Å². The van der Waals surface area contributed by atoms with E-state index in [-0.39, 0.29) is 17.4 Å². The SMILES string of the molecule is Cc1nnc(N2C[C@H]3CC[C@@H](C2)C3Nc2nc3c(OC(C)C(F)(F)F)cccn3n2)o1. The number of fused-ring (bicyclic) bond motifs is 3. The Kier molecular flexibility index (Phi) is 4.67. The van der Waals surface area contributed by atoms with Crippen LogP contribution in [-0.4, -0.2) is 56.2 Å². The van der Waals surface area contributed by atoms with Gasteiger partial charge < -0.3 is 19.4 Å². The number of alkyl halides is 3. The lowest BCUT2D eigenvalue weighted by Gasteiger charge is -2.37. The van der Waals surface area contributed by atoms with Crippen molar-refractivity contribution in [3.8, 4) is 5.75 Å². The molecule has 0 radical (unpaired) electrons. The van der Waals surface area contributed by atoms with E-state index in [1.54, 1.807) is 19.2 Å². The fraction of sp³-hybridized carbons (Fsp3) is 0.579. The summed E-state index contributed by atoms with van der Waals surface area (Å²) in [5.74, 6) is 1.64. The zero-order chi connectivity index (χ0) is 21.8. The van der Waals surface area contributed by atoms with Crippen molar-refractivity contribution >= 4 is 17.6 Å². The molecule has 12 heteroatoms. The third kappa shape index (κ3) is 3.74. The minimum Gasteiger partial charge on any atom is -0.477 e. The molecule has 1 aliphatic carbocycles. The molecule has 166 valence electrons. The number of aromatic nitrogens is 5. The fourth-order valence-corrected chi connectivity index (χ4v) is 4.47. The van der Waals surface area contributed by atoms with Crippen LogP contribution in [0.1, 0.15) is 25.7 Å². The first-order valence-electron chi connectivity index (χ1n) is 10.2. The van der Waals surface area contributed by atoms with Gasteiger partial charge >= 0.3 is 12.2 Å².